The molecule has 0 N–H and O–H groups in total. The first-order valence-electron chi connectivity index (χ1n) is 5.74. The fourth-order valence-electron chi connectivity index (χ4n) is 1.70. The first-order chi connectivity index (χ1) is 7.56. The fraction of sp³-hybridized carbons (Fsp3) is 0.667. The number of nitrogens with zero attached hydrogens (tertiary/aromatic N) is 2. The number of ether oxygens (including phenoxy) is 1. The topological polar surface area (TPSA) is 44.1 Å². The summed E-state index contributed by atoms with van der Waals surface area (Å²) >= 11 is 0. The van der Waals surface area contributed by atoms with E-state index in [2.05, 4.69) is 18.8 Å². The van der Waals surface area contributed by atoms with Crippen molar-refractivity contribution in [3.05, 3.63) is 18.2 Å². The van der Waals surface area contributed by atoms with Crippen molar-refractivity contribution in [1.82, 2.24) is 9.55 Å². The van der Waals surface area contributed by atoms with Crippen molar-refractivity contribution in [3.8, 4) is 0 Å². The molecular formula is C12H20N2O2. The van der Waals surface area contributed by atoms with Crippen LogP contribution in [0.3, 0.4) is 0 Å². The van der Waals surface area contributed by atoms with Crippen molar-refractivity contribution in [2.24, 2.45) is 0 Å². The van der Waals surface area contributed by atoms with Gasteiger partial charge in [0, 0.05) is 24.4 Å². The van der Waals surface area contributed by atoms with E-state index in [1.165, 1.54) is 0 Å². The molecule has 0 fully saturated rings. The third-order valence-electron chi connectivity index (χ3n) is 2.46. The van der Waals surface area contributed by atoms with Gasteiger partial charge in [-0.3, -0.25) is 4.79 Å². The van der Waals surface area contributed by atoms with E-state index in [9.17, 15) is 4.79 Å². The molecule has 1 atom stereocenters. The van der Waals surface area contributed by atoms with Gasteiger partial charge in [-0.25, -0.2) is 4.98 Å². The summed E-state index contributed by atoms with van der Waals surface area (Å²) < 4.78 is 6.98. The van der Waals surface area contributed by atoms with E-state index >= 15 is 0 Å². The molecule has 0 aliphatic heterocycles. The smallest absolute Gasteiger partial charge is 0.307 e. The molecular weight excluding hydrogens is 204 g/mol. The van der Waals surface area contributed by atoms with Gasteiger partial charge < -0.3 is 9.30 Å². The number of hydrogen-bond donors (Lipinski definition) is 0. The average molecular weight is 224 g/mol. The molecule has 1 unspecified atom stereocenters. The Morgan fingerprint density at radius 3 is 2.75 bits per heavy atom. The van der Waals surface area contributed by atoms with Gasteiger partial charge in [-0.1, -0.05) is 13.8 Å². The molecule has 16 heavy (non-hydrogen) atoms. The molecule has 4 heteroatoms. The summed E-state index contributed by atoms with van der Waals surface area (Å²) in [6.07, 6.45) is 4.08. The second-order valence-corrected chi connectivity index (χ2v) is 4.21. The minimum Gasteiger partial charge on any atom is -0.466 e. The Balaban J connectivity index is 2.69. The quantitative estimate of drug-likeness (QED) is 0.722. The summed E-state index contributed by atoms with van der Waals surface area (Å²) in [5.41, 5.74) is 0. The average Bonchev–Trinajstić information content (AvgIpc) is 2.65. The third kappa shape index (κ3) is 3.08. The summed E-state index contributed by atoms with van der Waals surface area (Å²) in [4.78, 5) is 15.7. The highest BCUT2D eigenvalue weighted by atomic mass is 16.5. The lowest BCUT2D eigenvalue weighted by Crippen LogP contribution is -2.15. The summed E-state index contributed by atoms with van der Waals surface area (Å²) in [5, 5.41) is 0. The van der Waals surface area contributed by atoms with Gasteiger partial charge in [0.2, 0.25) is 0 Å². The number of aromatic nitrogens is 2. The predicted molar refractivity (Wildman–Crippen MR) is 62.3 cm³/mol. The number of esters is 1. The van der Waals surface area contributed by atoms with Gasteiger partial charge in [0.25, 0.3) is 0 Å². The maximum Gasteiger partial charge on any atom is 0.307 e. The van der Waals surface area contributed by atoms with Gasteiger partial charge in [-0.2, -0.15) is 0 Å². The molecule has 0 aromatic carbocycles. The Kier molecular flexibility index (Phi) is 4.52. The first kappa shape index (κ1) is 12.7. The molecule has 1 rings (SSSR count). The minimum atomic E-state index is -0.154. The second kappa shape index (κ2) is 5.68. The standard InChI is InChI=1S/C12H20N2O2/c1-5-16-11(15)8-10(4)14-7-6-13-12(14)9(2)3/h6-7,9-10H,5,8H2,1-4H3. The minimum absolute atomic E-state index is 0.0962. The Morgan fingerprint density at radius 1 is 1.50 bits per heavy atom. The highest BCUT2D eigenvalue weighted by molar-refractivity contribution is 5.69. The number of imidazole rings is 1. The Labute approximate surface area is 96.6 Å². The molecule has 0 saturated carbocycles. The zero-order valence-electron chi connectivity index (χ0n) is 10.4. The molecule has 0 bridgehead atoms. The van der Waals surface area contributed by atoms with Crippen molar-refractivity contribution >= 4 is 5.97 Å². The Morgan fingerprint density at radius 2 is 2.19 bits per heavy atom. The van der Waals surface area contributed by atoms with Gasteiger partial charge in [0.15, 0.2) is 0 Å². The molecule has 0 aliphatic rings. The molecule has 0 radical (unpaired) electrons. The van der Waals surface area contributed by atoms with Crippen molar-refractivity contribution in [3.63, 3.8) is 0 Å². The van der Waals surface area contributed by atoms with Gasteiger partial charge in [-0.05, 0) is 13.8 Å². The van der Waals surface area contributed by atoms with Crippen LogP contribution >= 0.6 is 0 Å². The number of hydrogen-bond acceptors (Lipinski definition) is 3. The van der Waals surface area contributed by atoms with Gasteiger partial charge in [-0.15, -0.1) is 0 Å². The fourth-order valence-corrected chi connectivity index (χ4v) is 1.70. The maximum absolute atomic E-state index is 11.4. The van der Waals surface area contributed by atoms with Crippen LogP contribution in [0.25, 0.3) is 0 Å². The highest BCUT2D eigenvalue weighted by Gasteiger charge is 2.16. The van der Waals surface area contributed by atoms with Gasteiger partial charge in [0.1, 0.15) is 5.82 Å². The molecule has 1 heterocycles. The summed E-state index contributed by atoms with van der Waals surface area (Å²) in [5.74, 6) is 1.22. The lowest BCUT2D eigenvalue weighted by molar-refractivity contribution is -0.143. The third-order valence-corrected chi connectivity index (χ3v) is 2.46. The van der Waals surface area contributed by atoms with Crippen LogP contribution in [0.1, 0.15) is 51.9 Å². The molecule has 1 aromatic heterocycles. The lowest BCUT2D eigenvalue weighted by atomic mass is 10.1. The molecule has 0 aliphatic carbocycles. The van der Waals surface area contributed by atoms with Crippen LogP contribution in [-0.4, -0.2) is 22.1 Å². The number of rotatable bonds is 5. The van der Waals surface area contributed by atoms with Crippen molar-refractivity contribution in [2.75, 3.05) is 6.61 Å². The monoisotopic (exact) mass is 224 g/mol. The van der Waals surface area contributed by atoms with E-state index in [4.69, 9.17) is 4.74 Å². The van der Waals surface area contributed by atoms with E-state index < -0.39 is 0 Å². The predicted octanol–water partition coefficient (Wildman–Crippen LogP) is 2.52. The summed E-state index contributed by atoms with van der Waals surface area (Å²) in [7, 11) is 0. The van der Waals surface area contributed by atoms with Crippen LogP contribution in [0.4, 0.5) is 0 Å². The van der Waals surface area contributed by atoms with Crippen LogP contribution in [-0.2, 0) is 9.53 Å². The second-order valence-electron chi connectivity index (χ2n) is 4.21. The van der Waals surface area contributed by atoms with E-state index in [1.54, 1.807) is 6.20 Å². The molecule has 0 spiro atoms. The van der Waals surface area contributed by atoms with Crippen LogP contribution in [0.2, 0.25) is 0 Å². The van der Waals surface area contributed by atoms with E-state index in [0.29, 0.717) is 18.9 Å². The molecule has 90 valence electrons. The Hall–Kier alpha value is -1.32. The first-order valence-corrected chi connectivity index (χ1v) is 5.74. The highest BCUT2D eigenvalue weighted by Crippen LogP contribution is 2.19. The van der Waals surface area contributed by atoms with Crippen molar-refractivity contribution < 1.29 is 9.53 Å². The van der Waals surface area contributed by atoms with Crippen LogP contribution in [0.5, 0.6) is 0 Å². The summed E-state index contributed by atoms with van der Waals surface area (Å²) in [6.45, 7) is 8.45. The van der Waals surface area contributed by atoms with Crippen LogP contribution in [0, 0.1) is 0 Å². The maximum atomic E-state index is 11.4. The van der Waals surface area contributed by atoms with Crippen LogP contribution < -0.4 is 0 Å². The largest absolute Gasteiger partial charge is 0.466 e. The SMILES string of the molecule is CCOC(=O)CC(C)n1ccnc1C(C)C. The summed E-state index contributed by atoms with van der Waals surface area (Å²) in [6, 6.07) is 0.0962. The molecule has 0 saturated heterocycles. The molecule has 1 aromatic rings. The number of carbonyl (C=O) groups is 1. The van der Waals surface area contributed by atoms with Gasteiger partial charge >= 0.3 is 5.97 Å². The van der Waals surface area contributed by atoms with E-state index in [1.807, 2.05) is 24.6 Å². The zero-order chi connectivity index (χ0) is 12.1. The van der Waals surface area contributed by atoms with Crippen molar-refractivity contribution in [2.45, 2.75) is 46.1 Å². The molecule has 0 amide bonds. The van der Waals surface area contributed by atoms with Crippen LogP contribution in [0.15, 0.2) is 12.4 Å². The number of carbonyl (C=O) groups excluding carboxylic acids is 1. The van der Waals surface area contributed by atoms with E-state index in [-0.39, 0.29) is 12.0 Å². The Bertz CT molecular complexity index is 345. The van der Waals surface area contributed by atoms with Crippen molar-refractivity contribution in [1.29, 1.82) is 0 Å². The van der Waals surface area contributed by atoms with E-state index in [0.717, 1.165) is 5.82 Å². The lowest BCUT2D eigenvalue weighted by Gasteiger charge is -2.17. The molecule has 4 nitrogen and oxygen atoms in total. The van der Waals surface area contributed by atoms with Gasteiger partial charge in [0.05, 0.1) is 13.0 Å². The normalized spacial score (nSPS) is 12.8. The zero-order valence-corrected chi connectivity index (χ0v) is 10.4.